The highest BCUT2D eigenvalue weighted by Crippen LogP contribution is 2.14. The van der Waals surface area contributed by atoms with Crippen LogP contribution in [0.3, 0.4) is 0 Å². The van der Waals surface area contributed by atoms with Gasteiger partial charge in [-0.1, -0.05) is 30.3 Å². The molecule has 0 amide bonds. The Morgan fingerprint density at radius 2 is 2.06 bits per heavy atom. The van der Waals surface area contributed by atoms with Crippen LogP contribution in [0.1, 0.15) is 19.4 Å². The van der Waals surface area contributed by atoms with E-state index < -0.39 is 0 Å². The molecule has 2 unspecified atom stereocenters. The van der Waals surface area contributed by atoms with Gasteiger partial charge in [0.2, 0.25) is 0 Å². The zero-order valence-electron chi connectivity index (χ0n) is 11.4. The predicted octanol–water partition coefficient (Wildman–Crippen LogP) is 2.60. The predicted molar refractivity (Wildman–Crippen MR) is 81.1 cm³/mol. The van der Waals surface area contributed by atoms with Gasteiger partial charge < -0.3 is 5.32 Å². The van der Waals surface area contributed by atoms with Crippen molar-refractivity contribution < 1.29 is 0 Å². The monoisotopic (exact) mass is 264 g/mol. The highest BCUT2D eigenvalue weighted by molar-refractivity contribution is 7.98. The average molecular weight is 264 g/mol. The highest BCUT2D eigenvalue weighted by atomic mass is 32.2. The summed E-state index contributed by atoms with van der Waals surface area (Å²) in [5, 5.41) is 3.53. The molecule has 0 radical (unpaired) electrons. The molecule has 100 valence electrons. The second kappa shape index (κ2) is 7.17. The summed E-state index contributed by atoms with van der Waals surface area (Å²) in [4.78, 5) is 2.61. The van der Waals surface area contributed by atoms with Crippen LogP contribution in [0.5, 0.6) is 0 Å². The molecule has 1 aromatic carbocycles. The minimum absolute atomic E-state index is 0.623. The maximum Gasteiger partial charge on any atom is 0.0219 e. The Balaban J connectivity index is 1.66. The first-order valence-electron chi connectivity index (χ1n) is 6.86. The maximum absolute atomic E-state index is 3.53. The van der Waals surface area contributed by atoms with Gasteiger partial charge in [-0.05, 0) is 19.4 Å². The van der Waals surface area contributed by atoms with E-state index in [1.54, 1.807) is 0 Å². The summed E-state index contributed by atoms with van der Waals surface area (Å²) in [5.74, 6) is 2.36. The van der Waals surface area contributed by atoms with Crippen molar-refractivity contribution in [2.75, 3.05) is 25.4 Å². The molecule has 18 heavy (non-hydrogen) atoms. The Morgan fingerprint density at radius 1 is 1.28 bits per heavy atom. The second-order valence-electron chi connectivity index (χ2n) is 5.06. The van der Waals surface area contributed by atoms with E-state index in [2.05, 4.69) is 54.4 Å². The van der Waals surface area contributed by atoms with Crippen LogP contribution in [0.2, 0.25) is 0 Å². The number of hydrogen-bond acceptors (Lipinski definition) is 3. The minimum Gasteiger partial charge on any atom is -0.311 e. The molecular formula is C15H24N2S. The average Bonchev–Trinajstić information content (AvgIpc) is 2.40. The molecule has 0 bridgehead atoms. The number of thioether (sulfide) groups is 1. The van der Waals surface area contributed by atoms with Crippen LogP contribution >= 0.6 is 11.8 Å². The number of benzene rings is 1. The van der Waals surface area contributed by atoms with Crippen LogP contribution in [0, 0.1) is 0 Å². The van der Waals surface area contributed by atoms with Crippen molar-refractivity contribution in [1.29, 1.82) is 0 Å². The van der Waals surface area contributed by atoms with Crippen LogP contribution in [0.4, 0.5) is 0 Å². The third-order valence-electron chi connectivity index (χ3n) is 3.80. The van der Waals surface area contributed by atoms with Gasteiger partial charge in [-0.25, -0.2) is 0 Å². The molecule has 1 N–H and O–H groups in total. The lowest BCUT2D eigenvalue weighted by Gasteiger charge is -2.38. The number of piperazine rings is 1. The van der Waals surface area contributed by atoms with Crippen molar-refractivity contribution in [2.45, 2.75) is 31.7 Å². The zero-order valence-corrected chi connectivity index (χ0v) is 12.2. The Kier molecular flexibility index (Phi) is 5.54. The van der Waals surface area contributed by atoms with Crippen LogP contribution < -0.4 is 5.32 Å². The van der Waals surface area contributed by atoms with Crippen LogP contribution in [-0.4, -0.2) is 42.4 Å². The molecule has 2 rings (SSSR count). The van der Waals surface area contributed by atoms with Gasteiger partial charge in [0, 0.05) is 43.2 Å². The Labute approximate surface area is 115 Å². The molecular weight excluding hydrogens is 240 g/mol. The van der Waals surface area contributed by atoms with Gasteiger partial charge in [0.1, 0.15) is 0 Å². The molecule has 0 saturated carbocycles. The number of nitrogens with zero attached hydrogens (tertiary/aromatic N) is 1. The second-order valence-corrected chi connectivity index (χ2v) is 6.16. The fraction of sp³-hybridized carbons (Fsp3) is 0.600. The Bertz CT molecular complexity index is 342. The Hall–Kier alpha value is -0.510. The SMILES string of the molecule is CC1NCCN(CCSCc2ccccc2)C1C. The van der Waals surface area contributed by atoms with Gasteiger partial charge in [-0.3, -0.25) is 4.90 Å². The quantitative estimate of drug-likeness (QED) is 0.823. The molecule has 0 aromatic heterocycles. The van der Waals surface area contributed by atoms with Crippen LogP contribution in [0.25, 0.3) is 0 Å². The Morgan fingerprint density at radius 3 is 2.83 bits per heavy atom. The summed E-state index contributed by atoms with van der Waals surface area (Å²) in [6.07, 6.45) is 0. The summed E-state index contributed by atoms with van der Waals surface area (Å²) in [6.45, 7) is 8.16. The summed E-state index contributed by atoms with van der Waals surface area (Å²) in [6, 6.07) is 12.0. The summed E-state index contributed by atoms with van der Waals surface area (Å²) in [5.41, 5.74) is 1.43. The fourth-order valence-corrected chi connectivity index (χ4v) is 3.32. The summed E-state index contributed by atoms with van der Waals surface area (Å²) >= 11 is 2.04. The lowest BCUT2D eigenvalue weighted by Crippen LogP contribution is -2.55. The molecule has 1 aliphatic rings. The minimum atomic E-state index is 0.623. The third kappa shape index (κ3) is 4.01. The summed E-state index contributed by atoms with van der Waals surface area (Å²) in [7, 11) is 0. The van der Waals surface area contributed by atoms with Gasteiger partial charge >= 0.3 is 0 Å². The fourth-order valence-electron chi connectivity index (χ4n) is 2.39. The van der Waals surface area contributed by atoms with Crippen LogP contribution in [-0.2, 0) is 5.75 Å². The van der Waals surface area contributed by atoms with Crippen molar-refractivity contribution in [1.82, 2.24) is 10.2 Å². The van der Waals surface area contributed by atoms with Gasteiger partial charge in [0.15, 0.2) is 0 Å². The van der Waals surface area contributed by atoms with Crippen molar-refractivity contribution >= 4 is 11.8 Å². The first-order chi connectivity index (χ1) is 8.77. The molecule has 2 atom stereocenters. The normalized spacial score (nSPS) is 25.2. The molecule has 3 heteroatoms. The molecule has 1 aromatic rings. The van der Waals surface area contributed by atoms with Gasteiger partial charge in [0.25, 0.3) is 0 Å². The van der Waals surface area contributed by atoms with Gasteiger partial charge in [-0.15, -0.1) is 0 Å². The number of hydrogen-bond donors (Lipinski definition) is 1. The van der Waals surface area contributed by atoms with Crippen LogP contribution in [0.15, 0.2) is 30.3 Å². The first kappa shape index (κ1) is 13.9. The lowest BCUT2D eigenvalue weighted by molar-refractivity contribution is 0.147. The van der Waals surface area contributed by atoms with E-state index >= 15 is 0 Å². The van der Waals surface area contributed by atoms with E-state index in [4.69, 9.17) is 0 Å². The first-order valence-corrected chi connectivity index (χ1v) is 8.02. The molecule has 2 nitrogen and oxygen atoms in total. The number of rotatable bonds is 5. The van der Waals surface area contributed by atoms with Gasteiger partial charge in [-0.2, -0.15) is 11.8 Å². The molecule has 1 fully saturated rings. The maximum atomic E-state index is 3.53. The van der Waals surface area contributed by atoms with E-state index in [1.165, 1.54) is 24.4 Å². The van der Waals surface area contributed by atoms with E-state index in [9.17, 15) is 0 Å². The third-order valence-corrected chi connectivity index (χ3v) is 4.81. The lowest BCUT2D eigenvalue weighted by atomic mass is 10.1. The smallest absolute Gasteiger partial charge is 0.0219 e. The standard InChI is InChI=1S/C15H24N2S/c1-13-14(2)17(9-8-16-13)10-11-18-12-15-6-4-3-5-7-15/h3-7,13-14,16H,8-12H2,1-2H3. The zero-order chi connectivity index (χ0) is 12.8. The van der Waals surface area contributed by atoms with Crippen molar-refractivity contribution in [2.24, 2.45) is 0 Å². The highest BCUT2D eigenvalue weighted by Gasteiger charge is 2.23. The molecule has 1 heterocycles. The molecule has 1 aliphatic heterocycles. The van der Waals surface area contributed by atoms with E-state index in [1.807, 2.05) is 11.8 Å². The molecule has 1 saturated heterocycles. The molecule has 0 aliphatic carbocycles. The molecule has 0 spiro atoms. The van der Waals surface area contributed by atoms with Crippen molar-refractivity contribution in [3.63, 3.8) is 0 Å². The van der Waals surface area contributed by atoms with E-state index in [0.717, 1.165) is 12.3 Å². The number of nitrogens with one attached hydrogen (secondary N) is 1. The largest absolute Gasteiger partial charge is 0.311 e. The van der Waals surface area contributed by atoms with E-state index in [0.29, 0.717) is 12.1 Å². The topological polar surface area (TPSA) is 15.3 Å². The van der Waals surface area contributed by atoms with Crippen molar-refractivity contribution in [3.05, 3.63) is 35.9 Å². The van der Waals surface area contributed by atoms with Crippen molar-refractivity contribution in [3.8, 4) is 0 Å². The van der Waals surface area contributed by atoms with Gasteiger partial charge in [0.05, 0.1) is 0 Å². The van der Waals surface area contributed by atoms with E-state index in [-0.39, 0.29) is 0 Å². The summed E-state index contributed by atoms with van der Waals surface area (Å²) < 4.78 is 0.